The summed E-state index contributed by atoms with van der Waals surface area (Å²) in [5.41, 5.74) is 1.41. The number of pyridine rings is 1. The summed E-state index contributed by atoms with van der Waals surface area (Å²) in [4.78, 5) is 28.3. The first-order chi connectivity index (χ1) is 11.6. The molecule has 0 aliphatic rings. The van der Waals surface area contributed by atoms with Gasteiger partial charge in [0.2, 0.25) is 5.91 Å². The predicted molar refractivity (Wildman–Crippen MR) is 93.4 cm³/mol. The Kier molecular flexibility index (Phi) is 6.49. The molecule has 5 nitrogen and oxygen atoms in total. The van der Waals surface area contributed by atoms with Crippen molar-refractivity contribution in [1.29, 1.82) is 0 Å². The van der Waals surface area contributed by atoms with Crippen LogP contribution in [0, 0.1) is 6.92 Å². The number of Topliss-reactive ketones (excluding diaryl/α,β-unsaturated/α-hetero) is 1. The standard InChI is InChI=1S/C19H22N2O3/c1-3-13-24-16-9-7-15(8-10-16)17(22)11-12-19(23)21-18-6-4-5-14(2)20-18/h4-10H,3,11-13H2,1-2H3,(H,20,21,23). The number of carbonyl (C=O) groups excluding carboxylic acids is 2. The zero-order valence-corrected chi connectivity index (χ0v) is 14.0. The van der Waals surface area contributed by atoms with Gasteiger partial charge in [-0.05, 0) is 49.7 Å². The highest BCUT2D eigenvalue weighted by molar-refractivity contribution is 5.99. The molecule has 1 aromatic heterocycles. The molecule has 1 aromatic carbocycles. The lowest BCUT2D eigenvalue weighted by molar-refractivity contribution is -0.116. The van der Waals surface area contributed by atoms with Gasteiger partial charge in [-0.2, -0.15) is 0 Å². The van der Waals surface area contributed by atoms with Gasteiger partial charge in [-0.25, -0.2) is 4.98 Å². The number of amides is 1. The normalized spacial score (nSPS) is 10.2. The average molecular weight is 326 g/mol. The Morgan fingerprint density at radius 1 is 1.08 bits per heavy atom. The highest BCUT2D eigenvalue weighted by Gasteiger charge is 2.10. The molecule has 0 radical (unpaired) electrons. The van der Waals surface area contributed by atoms with E-state index in [1.54, 1.807) is 30.3 Å². The molecule has 1 heterocycles. The van der Waals surface area contributed by atoms with Gasteiger partial charge in [-0.15, -0.1) is 0 Å². The predicted octanol–water partition coefficient (Wildman–Crippen LogP) is 3.78. The van der Waals surface area contributed by atoms with Gasteiger partial charge in [0.05, 0.1) is 6.61 Å². The van der Waals surface area contributed by atoms with Gasteiger partial charge in [0.25, 0.3) is 0 Å². The van der Waals surface area contributed by atoms with E-state index in [-0.39, 0.29) is 24.5 Å². The minimum absolute atomic E-state index is 0.0654. The average Bonchev–Trinajstić information content (AvgIpc) is 2.58. The van der Waals surface area contributed by atoms with Gasteiger partial charge in [0.1, 0.15) is 11.6 Å². The van der Waals surface area contributed by atoms with Crippen LogP contribution in [0.25, 0.3) is 0 Å². The highest BCUT2D eigenvalue weighted by atomic mass is 16.5. The second-order valence-electron chi connectivity index (χ2n) is 5.51. The largest absolute Gasteiger partial charge is 0.494 e. The maximum atomic E-state index is 12.1. The Morgan fingerprint density at radius 3 is 2.50 bits per heavy atom. The number of benzene rings is 1. The summed E-state index contributed by atoms with van der Waals surface area (Å²) in [6.45, 7) is 4.54. The summed E-state index contributed by atoms with van der Waals surface area (Å²) in [5, 5.41) is 2.70. The summed E-state index contributed by atoms with van der Waals surface area (Å²) in [7, 11) is 0. The number of aryl methyl sites for hydroxylation is 1. The van der Waals surface area contributed by atoms with Crippen LogP contribution < -0.4 is 10.1 Å². The fourth-order valence-corrected chi connectivity index (χ4v) is 2.15. The number of anilines is 1. The molecule has 0 bridgehead atoms. The molecular weight excluding hydrogens is 304 g/mol. The molecule has 0 aliphatic heterocycles. The minimum atomic E-state index is -0.218. The van der Waals surface area contributed by atoms with E-state index >= 15 is 0 Å². The zero-order chi connectivity index (χ0) is 17.4. The fraction of sp³-hybridized carbons (Fsp3) is 0.316. The second-order valence-corrected chi connectivity index (χ2v) is 5.51. The summed E-state index contributed by atoms with van der Waals surface area (Å²) in [6.07, 6.45) is 1.22. The Hall–Kier alpha value is -2.69. The van der Waals surface area contributed by atoms with Crippen LogP contribution >= 0.6 is 0 Å². The Bertz CT molecular complexity index is 696. The first-order valence-corrected chi connectivity index (χ1v) is 8.08. The number of ether oxygens (including phenoxy) is 1. The number of carbonyl (C=O) groups is 2. The molecule has 0 unspecified atom stereocenters. The fourth-order valence-electron chi connectivity index (χ4n) is 2.15. The van der Waals surface area contributed by atoms with E-state index in [0.29, 0.717) is 18.0 Å². The molecule has 1 N–H and O–H groups in total. The third-order valence-corrected chi connectivity index (χ3v) is 3.38. The van der Waals surface area contributed by atoms with Gasteiger partial charge in [-0.3, -0.25) is 9.59 Å². The van der Waals surface area contributed by atoms with Crippen molar-refractivity contribution < 1.29 is 14.3 Å². The molecule has 0 saturated carbocycles. The minimum Gasteiger partial charge on any atom is -0.494 e. The molecule has 2 rings (SSSR count). The Morgan fingerprint density at radius 2 is 1.83 bits per heavy atom. The summed E-state index contributed by atoms with van der Waals surface area (Å²) in [6, 6.07) is 12.4. The van der Waals surface area contributed by atoms with Crippen molar-refractivity contribution in [3.8, 4) is 5.75 Å². The molecule has 0 atom stereocenters. The van der Waals surface area contributed by atoms with Crippen molar-refractivity contribution >= 4 is 17.5 Å². The van der Waals surface area contributed by atoms with E-state index < -0.39 is 0 Å². The van der Waals surface area contributed by atoms with Gasteiger partial charge >= 0.3 is 0 Å². The van der Waals surface area contributed by atoms with Crippen molar-refractivity contribution in [2.24, 2.45) is 0 Å². The number of hydrogen-bond acceptors (Lipinski definition) is 4. The molecule has 126 valence electrons. The van der Waals surface area contributed by atoms with Crippen LogP contribution in [0.1, 0.15) is 42.2 Å². The van der Waals surface area contributed by atoms with E-state index in [1.807, 2.05) is 26.0 Å². The number of ketones is 1. The van der Waals surface area contributed by atoms with E-state index in [4.69, 9.17) is 4.74 Å². The lowest BCUT2D eigenvalue weighted by atomic mass is 10.1. The van der Waals surface area contributed by atoms with Crippen LogP contribution in [0.15, 0.2) is 42.5 Å². The van der Waals surface area contributed by atoms with Crippen molar-refractivity contribution in [1.82, 2.24) is 4.98 Å². The molecule has 2 aromatic rings. The Labute approximate surface area is 142 Å². The quantitative estimate of drug-likeness (QED) is 0.750. The molecule has 0 saturated heterocycles. The van der Waals surface area contributed by atoms with Gasteiger partial charge < -0.3 is 10.1 Å². The number of rotatable bonds is 8. The molecule has 0 aliphatic carbocycles. The van der Waals surface area contributed by atoms with Gasteiger partial charge in [-0.1, -0.05) is 13.0 Å². The van der Waals surface area contributed by atoms with Crippen molar-refractivity contribution in [3.05, 3.63) is 53.7 Å². The third kappa shape index (κ3) is 5.50. The van der Waals surface area contributed by atoms with Crippen molar-refractivity contribution in [2.45, 2.75) is 33.1 Å². The first-order valence-electron chi connectivity index (χ1n) is 8.08. The summed E-state index contributed by atoms with van der Waals surface area (Å²) >= 11 is 0. The maximum absolute atomic E-state index is 12.1. The molecule has 24 heavy (non-hydrogen) atoms. The van der Waals surface area contributed by atoms with Crippen LogP contribution in [0.2, 0.25) is 0 Å². The van der Waals surface area contributed by atoms with Crippen LogP contribution in [0.4, 0.5) is 5.82 Å². The summed E-state index contributed by atoms with van der Waals surface area (Å²) in [5.74, 6) is 0.968. The van der Waals surface area contributed by atoms with Crippen LogP contribution in [0.3, 0.4) is 0 Å². The van der Waals surface area contributed by atoms with E-state index in [2.05, 4.69) is 10.3 Å². The zero-order valence-electron chi connectivity index (χ0n) is 14.0. The highest BCUT2D eigenvalue weighted by Crippen LogP contribution is 2.14. The number of nitrogens with zero attached hydrogens (tertiary/aromatic N) is 1. The maximum Gasteiger partial charge on any atom is 0.225 e. The molecule has 0 spiro atoms. The van der Waals surface area contributed by atoms with Crippen LogP contribution in [-0.2, 0) is 4.79 Å². The Balaban J connectivity index is 1.82. The molecular formula is C19H22N2O3. The lowest BCUT2D eigenvalue weighted by Crippen LogP contribution is -2.14. The van der Waals surface area contributed by atoms with Gasteiger partial charge in [0, 0.05) is 24.1 Å². The SMILES string of the molecule is CCCOc1ccc(C(=O)CCC(=O)Nc2cccc(C)n2)cc1. The number of nitrogens with one attached hydrogen (secondary N) is 1. The lowest BCUT2D eigenvalue weighted by Gasteiger charge is -2.06. The van der Waals surface area contributed by atoms with E-state index in [9.17, 15) is 9.59 Å². The number of hydrogen-bond donors (Lipinski definition) is 1. The monoisotopic (exact) mass is 326 g/mol. The molecule has 0 fully saturated rings. The van der Waals surface area contributed by atoms with Crippen LogP contribution in [0.5, 0.6) is 5.75 Å². The second kappa shape index (κ2) is 8.82. The third-order valence-electron chi connectivity index (χ3n) is 3.38. The topological polar surface area (TPSA) is 68.3 Å². The van der Waals surface area contributed by atoms with E-state index in [1.165, 1.54) is 0 Å². The number of aromatic nitrogens is 1. The van der Waals surface area contributed by atoms with Crippen molar-refractivity contribution in [3.63, 3.8) is 0 Å². The molecule has 1 amide bonds. The van der Waals surface area contributed by atoms with Crippen LogP contribution in [-0.4, -0.2) is 23.3 Å². The smallest absolute Gasteiger partial charge is 0.225 e. The molecule has 5 heteroatoms. The van der Waals surface area contributed by atoms with Gasteiger partial charge in [0.15, 0.2) is 5.78 Å². The van der Waals surface area contributed by atoms with E-state index in [0.717, 1.165) is 17.9 Å². The van der Waals surface area contributed by atoms with Crippen molar-refractivity contribution in [2.75, 3.05) is 11.9 Å². The first kappa shape index (κ1) is 17.7. The summed E-state index contributed by atoms with van der Waals surface area (Å²) < 4.78 is 5.48.